The van der Waals surface area contributed by atoms with E-state index in [-0.39, 0.29) is 24.5 Å². The van der Waals surface area contributed by atoms with Gasteiger partial charge in [-0.1, -0.05) is 12.1 Å². The lowest BCUT2D eigenvalue weighted by Crippen LogP contribution is -2.49. The number of rotatable bonds is 5. The van der Waals surface area contributed by atoms with E-state index in [1.165, 1.54) is 25.3 Å². The van der Waals surface area contributed by atoms with Gasteiger partial charge in [-0.15, -0.1) is 0 Å². The van der Waals surface area contributed by atoms with Crippen molar-refractivity contribution in [1.82, 2.24) is 15.5 Å². The maximum Gasteiger partial charge on any atom is 0.258 e. The minimum absolute atomic E-state index is 0.0446. The van der Waals surface area contributed by atoms with Crippen LogP contribution >= 0.6 is 0 Å². The largest absolute Gasteiger partial charge is 0.362 e. The van der Waals surface area contributed by atoms with Crippen molar-refractivity contribution < 1.29 is 18.3 Å². The van der Waals surface area contributed by atoms with Crippen molar-refractivity contribution in [3.8, 4) is 11.3 Å². The highest BCUT2D eigenvalue weighted by Crippen LogP contribution is 2.29. The van der Waals surface area contributed by atoms with Crippen molar-refractivity contribution in [3.05, 3.63) is 65.7 Å². The number of hydrogen-bond donors (Lipinski definition) is 2. The number of carbonyl (C=O) groups is 1. The lowest BCUT2D eigenvalue weighted by Gasteiger charge is -2.27. The third kappa shape index (κ3) is 3.54. The molecule has 2 heterocycles. The van der Waals surface area contributed by atoms with E-state index in [0.717, 1.165) is 0 Å². The van der Waals surface area contributed by atoms with Crippen molar-refractivity contribution in [1.29, 1.82) is 0 Å². The van der Waals surface area contributed by atoms with Crippen molar-refractivity contribution >= 4 is 23.0 Å². The van der Waals surface area contributed by atoms with Gasteiger partial charge < -0.3 is 10.1 Å². The first-order valence-electron chi connectivity index (χ1n) is 8.96. The zero-order valence-electron chi connectivity index (χ0n) is 15.6. The second kappa shape index (κ2) is 7.56. The maximum absolute atomic E-state index is 14.5. The van der Waals surface area contributed by atoms with E-state index in [2.05, 4.69) is 20.5 Å². The average Bonchev–Trinajstić information content (AvgIpc) is 3.14. The zero-order chi connectivity index (χ0) is 20.4. The topological polar surface area (TPSA) is 79.4 Å². The van der Waals surface area contributed by atoms with Crippen molar-refractivity contribution in [2.45, 2.75) is 12.1 Å². The summed E-state index contributed by atoms with van der Waals surface area (Å²) < 4.78 is 33.5. The van der Waals surface area contributed by atoms with Crippen LogP contribution in [0.1, 0.15) is 5.56 Å². The van der Waals surface area contributed by atoms with Crippen LogP contribution in [0.15, 0.2) is 53.5 Å². The van der Waals surface area contributed by atoms with E-state index in [1.807, 2.05) is 0 Å². The number of fused-ring (bicyclic) bond motifs is 1. The van der Waals surface area contributed by atoms with Crippen molar-refractivity contribution in [2.75, 3.05) is 13.7 Å². The van der Waals surface area contributed by atoms with Crippen LogP contribution in [0.2, 0.25) is 0 Å². The number of ether oxygens (including phenoxy) is 1. The van der Waals surface area contributed by atoms with Crippen LogP contribution in [-0.2, 0) is 16.1 Å². The molecule has 1 aliphatic heterocycles. The van der Waals surface area contributed by atoms with Gasteiger partial charge in [-0.05, 0) is 36.4 Å². The molecule has 2 aromatic carbocycles. The van der Waals surface area contributed by atoms with Gasteiger partial charge in [0.25, 0.3) is 5.91 Å². The number of amides is 1. The Balaban J connectivity index is 1.62. The summed E-state index contributed by atoms with van der Waals surface area (Å²) in [5.41, 5.74) is 0.623. The number of nitrogens with one attached hydrogen (secondary N) is 2. The Morgan fingerprint density at radius 1 is 1.31 bits per heavy atom. The molecule has 8 heteroatoms. The molecular weight excluding hydrogens is 378 g/mol. The smallest absolute Gasteiger partial charge is 0.258 e. The average molecular weight is 396 g/mol. The van der Waals surface area contributed by atoms with Crippen LogP contribution in [0.3, 0.4) is 0 Å². The molecule has 0 spiro atoms. The van der Waals surface area contributed by atoms with Gasteiger partial charge in [0.15, 0.2) is 5.60 Å². The predicted molar refractivity (Wildman–Crippen MR) is 106 cm³/mol. The highest BCUT2D eigenvalue weighted by Gasteiger charge is 2.36. The quantitative estimate of drug-likeness (QED) is 0.695. The fraction of sp³-hybridized carbons (Fsp3) is 0.190. The molecule has 2 N–H and O–H groups in total. The molecule has 0 fully saturated rings. The molecule has 4 rings (SSSR count). The number of methoxy groups -OCH3 is 1. The Labute approximate surface area is 165 Å². The molecule has 1 aromatic heterocycles. The molecule has 0 bridgehead atoms. The molecule has 0 saturated heterocycles. The minimum Gasteiger partial charge on any atom is -0.362 e. The summed E-state index contributed by atoms with van der Waals surface area (Å²) in [5.74, 6) is -1.29. The molecule has 0 saturated carbocycles. The molecule has 1 unspecified atom stereocenters. The fourth-order valence-electron chi connectivity index (χ4n) is 3.27. The monoisotopic (exact) mass is 396 g/mol. The van der Waals surface area contributed by atoms with E-state index in [4.69, 9.17) is 4.74 Å². The molecule has 6 nitrogen and oxygen atoms in total. The zero-order valence-corrected chi connectivity index (χ0v) is 15.6. The normalized spacial score (nSPS) is 18.3. The van der Waals surface area contributed by atoms with E-state index in [1.54, 1.807) is 36.6 Å². The van der Waals surface area contributed by atoms with Gasteiger partial charge in [0.05, 0.1) is 12.1 Å². The van der Waals surface area contributed by atoms with Crippen LogP contribution in [-0.4, -0.2) is 41.6 Å². The second-order valence-electron chi connectivity index (χ2n) is 6.70. The number of nitrogens with zero attached hydrogens (tertiary/aromatic N) is 2. The molecule has 1 aliphatic rings. The van der Waals surface area contributed by atoms with Gasteiger partial charge in [-0.25, -0.2) is 8.78 Å². The van der Waals surface area contributed by atoms with Gasteiger partial charge >= 0.3 is 0 Å². The second-order valence-corrected chi connectivity index (χ2v) is 6.70. The number of allylic oxidation sites excluding steroid dienone is 1. The lowest BCUT2D eigenvalue weighted by atomic mass is 10.00. The third-order valence-corrected chi connectivity index (χ3v) is 4.90. The Bertz CT molecular complexity index is 1140. The number of hydrogen-bond acceptors (Lipinski definition) is 4. The molecule has 1 amide bonds. The Morgan fingerprint density at radius 2 is 2.17 bits per heavy atom. The van der Waals surface area contributed by atoms with Crippen molar-refractivity contribution in [3.63, 3.8) is 0 Å². The number of halogens is 2. The number of H-pyrrole nitrogens is 1. The number of aliphatic imine (C=N–C) groups is 1. The summed E-state index contributed by atoms with van der Waals surface area (Å²) >= 11 is 0. The van der Waals surface area contributed by atoms with Gasteiger partial charge in [-0.3, -0.25) is 14.9 Å². The van der Waals surface area contributed by atoms with E-state index in [0.29, 0.717) is 22.2 Å². The SMILES string of the molecule is COC1(C(=O)NCc2cc3c(-c4cccc(F)c4)n[nH]c3cc2F)C=CC=NC1. The molecule has 0 radical (unpaired) electrons. The van der Waals surface area contributed by atoms with Crippen molar-refractivity contribution in [2.24, 2.45) is 4.99 Å². The van der Waals surface area contributed by atoms with Crippen LogP contribution < -0.4 is 5.32 Å². The summed E-state index contributed by atoms with van der Waals surface area (Å²) in [4.78, 5) is 16.7. The summed E-state index contributed by atoms with van der Waals surface area (Å²) in [6, 6.07) is 8.92. The fourth-order valence-corrected chi connectivity index (χ4v) is 3.27. The van der Waals surface area contributed by atoms with Gasteiger partial charge in [0.2, 0.25) is 0 Å². The maximum atomic E-state index is 14.5. The summed E-state index contributed by atoms with van der Waals surface area (Å²) in [6.07, 6.45) is 4.84. The molecule has 1 atom stereocenters. The number of aromatic nitrogens is 2. The summed E-state index contributed by atoms with van der Waals surface area (Å²) in [6.45, 7) is 0.107. The molecule has 3 aromatic rings. The number of carbonyl (C=O) groups excluding carboxylic acids is 1. The highest BCUT2D eigenvalue weighted by atomic mass is 19.1. The first kappa shape index (κ1) is 18.9. The summed E-state index contributed by atoms with van der Waals surface area (Å²) in [7, 11) is 1.42. The first-order chi connectivity index (χ1) is 14.0. The van der Waals surface area contributed by atoms with Crippen LogP contribution in [0, 0.1) is 11.6 Å². The Kier molecular flexibility index (Phi) is 4.94. The van der Waals surface area contributed by atoms with E-state index >= 15 is 0 Å². The Hall–Kier alpha value is -3.39. The van der Waals surface area contributed by atoms with Crippen LogP contribution in [0.4, 0.5) is 8.78 Å². The van der Waals surface area contributed by atoms with Crippen LogP contribution in [0.25, 0.3) is 22.2 Å². The number of aromatic amines is 1. The summed E-state index contributed by atoms with van der Waals surface area (Å²) in [5, 5.41) is 10.3. The molecule has 148 valence electrons. The first-order valence-corrected chi connectivity index (χ1v) is 8.96. The molecule has 29 heavy (non-hydrogen) atoms. The van der Waals surface area contributed by atoms with E-state index in [9.17, 15) is 13.6 Å². The third-order valence-electron chi connectivity index (χ3n) is 4.90. The predicted octanol–water partition coefficient (Wildman–Crippen LogP) is 3.15. The van der Waals surface area contributed by atoms with Gasteiger partial charge in [0.1, 0.15) is 17.3 Å². The van der Waals surface area contributed by atoms with E-state index < -0.39 is 17.3 Å². The minimum atomic E-state index is -1.21. The van der Waals surface area contributed by atoms with Gasteiger partial charge in [-0.2, -0.15) is 5.10 Å². The highest BCUT2D eigenvalue weighted by molar-refractivity contribution is 5.94. The van der Waals surface area contributed by atoms with Crippen LogP contribution in [0.5, 0.6) is 0 Å². The number of dihydropyridines is 1. The molecular formula is C21H18F2N4O2. The standard InChI is InChI=1S/C21H18F2N4O2/c1-29-21(6-3-7-24-12-21)20(28)25-11-14-9-16-18(10-17(14)23)26-27-19(16)13-4-2-5-15(22)8-13/h2-10H,11-12H2,1H3,(H,25,28)(H,26,27). The Morgan fingerprint density at radius 3 is 2.90 bits per heavy atom. The lowest BCUT2D eigenvalue weighted by molar-refractivity contribution is -0.137. The van der Waals surface area contributed by atoms with Gasteiger partial charge in [0, 0.05) is 36.4 Å². The molecule has 0 aliphatic carbocycles. The number of benzene rings is 2.